The van der Waals surface area contributed by atoms with E-state index in [0.29, 0.717) is 0 Å². The summed E-state index contributed by atoms with van der Waals surface area (Å²) < 4.78 is 1.13. The van der Waals surface area contributed by atoms with Crippen LogP contribution in [0.2, 0.25) is 0 Å². The maximum absolute atomic E-state index is 12.1. The van der Waals surface area contributed by atoms with Crippen LogP contribution >= 0.6 is 0 Å². The summed E-state index contributed by atoms with van der Waals surface area (Å²) in [5.74, 6) is -0.341. The molecule has 0 atom stereocenters. The van der Waals surface area contributed by atoms with Crippen LogP contribution in [0.3, 0.4) is 0 Å². The van der Waals surface area contributed by atoms with Crippen LogP contribution < -0.4 is 10.9 Å². The average molecular weight is 265 g/mol. The van der Waals surface area contributed by atoms with Gasteiger partial charge in [-0.3, -0.25) is 9.59 Å². The second kappa shape index (κ2) is 5.52. The molecular formula is C13H19N3O3. The largest absolute Gasteiger partial charge is 0.394 e. The van der Waals surface area contributed by atoms with E-state index in [1.54, 1.807) is 0 Å². The molecule has 2 N–H and O–H groups in total. The van der Waals surface area contributed by atoms with Gasteiger partial charge in [0.2, 0.25) is 0 Å². The first kappa shape index (κ1) is 13.7. The highest BCUT2D eigenvalue weighted by atomic mass is 16.3. The molecule has 6 heteroatoms. The van der Waals surface area contributed by atoms with Gasteiger partial charge in [0, 0.05) is 13.1 Å². The normalized spacial score (nSPS) is 18.0. The molecule has 2 rings (SSSR count). The van der Waals surface area contributed by atoms with Crippen molar-refractivity contribution in [3.05, 3.63) is 28.2 Å². The van der Waals surface area contributed by atoms with Gasteiger partial charge in [0.05, 0.1) is 12.1 Å². The van der Waals surface area contributed by atoms with Crippen molar-refractivity contribution in [2.45, 2.75) is 37.6 Å². The van der Waals surface area contributed by atoms with Crippen molar-refractivity contribution in [1.82, 2.24) is 15.1 Å². The molecule has 1 amide bonds. The van der Waals surface area contributed by atoms with Gasteiger partial charge in [0.1, 0.15) is 5.69 Å². The SMILES string of the molecule is Cn1nc(C(=O)NC2(CO)CCCCC2)ccc1=O. The number of nitrogens with one attached hydrogen (secondary N) is 1. The van der Waals surface area contributed by atoms with Crippen molar-refractivity contribution in [2.75, 3.05) is 6.61 Å². The van der Waals surface area contributed by atoms with Crippen LogP contribution in [-0.2, 0) is 7.05 Å². The Morgan fingerprint density at radius 1 is 1.42 bits per heavy atom. The monoisotopic (exact) mass is 265 g/mol. The molecule has 0 aromatic carbocycles. The lowest BCUT2D eigenvalue weighted by molar-refractivity contribution is 0.0752. The molecule has 1 aliphatic carbocycles. The van der Waals surface area contributed by atoms with Crippen molar-refractivity contribution in [2.24, 2.45) is 7.05 Å². The summed E-state index contributed by atoms with van der Waals surface area (Å²) in [5, 5.41) is 16.3. The average Bonchev–Trinajstić information content (AvgIpc) is 2.43. The van der Waals surface area contributed by atoms with Crippen LogP contribution in [0.25, 0.3) is 0 Å². The summed E-state index contributed by atoms with van der Waals surface area (Å²) in [5.41, 5.74) is -0.599. The van der Waals surface area contributed by atoms with Gasteiger partial charge in [-0.15, -0.1) is 0 Å². The maximum Gasteiger partial charge on any atom is 0.272 e. The molecule has 1 aromatic heterocycles. The number of amides is 1. The molecule has 6 nitrogen and oxygen atoms in total. The molecule has 1 aliphatic rings. The summed E-state index contributed by atoms with van der Waals surface area (Å²) >= 11 is 0. The van der Waals surface area contributed by atoms with Crippen LogP contribution in [0.4, 0.5) is 0 Å². The third kappa shape index (κ3) is 3.01. The summed E-state index contributed by atoms with van der Waals surface area (Å²) in [4.78, 5) is 23.4. The van der Waals surface area contributed by atoms with Gasteiger partial charge in [-0.2, -0.15) is 5.10 Å². The van der Waals surface area contributed by atoms with Crippen LogP contribution in [0.1, 0.15) is 42.6 Å². The van der Waals surface area contributed by atoms with Crippen molar-refractivity contribution in [3.63, 3.8) is 0 Å². The highest BCUT2D eigenvalue weighted by Gasteiger charge is 2.33. The highest BCUT2D eigenvalue weighted by molar-refractivity contribution is 5.92. The van der Waals surface area contributed by atoms with E-state index < -0.39 is 5.54 Å². The van der Waals surface area contributed by atoms with Gasteiger partial charge >= 0.3 is 0 Å². The van der Waals surface area contributed by atoms with E-state index in [9.17, 15) is 14.7 Å². The topological polar surface area (TPSA) is 84.2 Å². The number of nitrogens with zero attached hydrogens (tertiary/aromatic N) is 2. The number of hydrogen-bond acceptors (Lipinski definition) is 4. The number of carbonyl (C=O) groups excluding carboxylic acids is 1. The molecule has 1 saturated carbocycles. The van der Waals surface area contributed by atoms with Gasteiger partial charge in [-0.1, -0.05) is 19.3 Å². The minimum Gasteiger partial charge on any atom is -0.394 e. The lowest BCUT2D eigenvalue weighted by atomic mass is 9.82. The summed E-state index contributed by atoms with van der Waals surface area (Å²) in [6.45, 7) is -0.0650. The van der Waals surface area contributed by atoms with E-state index in [0.717, 1.165) is 36.8 Å². The quantitative estimate of drug-likeness (QED) is 0.818. The van der Waals surface area contributed by atoms with Gasteiger partial charge in [-0.05, 0) is 18.9 Å². The van der Waals surface area contributed by atoms with Crippen LogP contribution in [0, 0.1) is 0 Å². The van der Waals surface area contributed by atoms with E-state index in [2.05, 4.69) is 10.4 Å². The zero-order valence-electron chi connectivity index (χ0n) is 11.1. The van der Waals surface area contributed by atoms with Crippen LogP contribution in [0.15, 0.2) is 16.9 Å². The van der Waals surface area contributed by atoms with Gasteiger partial charge < -0.3 is 10.4 Å². The first-order chi connectivity index (χ1) is 9.06. The smallest absolute Gasteiger partial charge is 0.272 e. The first-order valence-electron chi connectivity index (χ1n) is 6.54. The Hall–Kier alpha value is -1.69. The second-order valence-corrected chi connectivity index (χ2v) is 5.13. The molecule has 0 radical (unpaired) electrons. The molecule has 1 aromatic rings. The van der Waals surface area contributed by atoms with E-state index in [-0.39, 0.29) is 23.8 Å². The zero-order chi connectivity index (χ0) is 13.9. The maximum atomic E-state index is 12.1. The fourth-order valence-electron chi connectivity index (χ4n) is 2.48. The Morgan fingerprint density at radius 2 is 2.11 bits per heavy atom. The summed E-state index contributed by atoms with van der Waals surface area (Å²) in [6, 6.07) is 2.72. The third-order valence-corrected chi connectivity index (χ3v) is 3.69. The summed E-state index contributed by atoms with van der Waals surface area (Å²) in [6.07, 6.45) is 4.70. The van der Waals surface area contributed by atoms with Crippen molar-refractivity contribution < 1.29 is 9.90 Å². The highest BCUT2D eigenvalue weighted by Crippen LogP contribution is 2.27. The lowest BCUT2D eigenvalue weighted by Gasteiger charge is -2.36. The van der Waals surface area contributed by atoms with Crippen LogP contribution in [0.5, 0.6) is 0 Å². The van der Waals surface area contributed by atoms with Crippen LogP contribution in [-0.4, -0.2) is 32.9 Å². The van der Waals surface area contributed by atoms with Gasteiger partial charge in [0.15, 0.2) is 0 Å². The van der Waals surface area contributed by atoms with E-state index >= 15 is 0 Å². The Balaban J connectivity index is 2.15. The Kier molecular flexibility index (Phi) is 3.99. The second-order valence-electron chi connectivity index (χ2n) is 5.13. The van der Waals surface area contributed by atoms with Gasteiger partial charge in [0.25, 0.3) is 11.5 Å². The molecule has 0 unspecified atom stereocenters. The molecule has 19 heavy (non-hydrogen) atoms. The number of aliphatic hydroxyl groups is 1. The summed E-state index contributed by atoms with van der Waals surface area (Å²) in [7, 11) is 1.50. The Bertz CT molecular complexity index is 518. The van der Waals surface area contributed by atoms with Crippen molar-refractivity contribution in [1.29, 1.82) is 0 Å². The lowest BCUT2D eigenvalue weighted by Crippen LogP contribution is -2.52. The Labute approximate surface area is 111 Å². The van der Waals surface area contributed by atoms with E-state index in [4.69, 9.17) is 0 Å². The molecule has 0 spiro atoms. The third-order valence-electron chi connectivity index (χ3n) is 3.69. The number of hydrogen-bond donors (Lipinski definition) is 2. The van der Waals surface area contributed by atoms with Crippen molar-refractivity contribution in [3.8, 4) is 0 Å². The number of carbonyl (C=O) groups is 1. The fraction of sp³-hybridized carbons (Fsp3) is 0.615. The number of aryl methyl sites for hydroxylation is 1. The first-order valence-corrected chi connectivity index (χ1v) is 6.54. The Morgan fingerprint density at radius 3 is 2.68 bits per heavy atom. The van der Waals surface area contributed by atoms with E-state index in [1.165, 1.54) is 19.2 Å². The van der Waals surface area contributed by atoms with Gasteiger partial charge in [-0.25, -0.2) is 4.68 Å². The zero-order valence-corrected chi connectivity index (χ0v) is 11.1. The number of aliphatic hydroxyl groups excluding tert-OH is 1. The predicted molar refractivity (Wildman–Crippen MR) is 69.8 cm³/mol. The minimum atomic E-state index is -0.536. The van der Waals surface area contributed by atoms with E-state index in [1.807, 2.05) is 0 Å². The predicted octanol–water partition coefficient (Wildman–Crippen LogP) is 0.205. The van der Waals surface area contributed by atoms with Crippen molar-refractivity contribution >= 4 is 5.91 Å². The molecular weight excluding hydrogens is 246 g/mol. The molecule has 0 aliphatic heterocycles. The number of rotatable bonds is 3. The molecule has 0 saturated heterocycles. The molecule has 0 bridgehead atoms. The fourth-order valence-corrected chi connectivity index (χ4v) is 2.48. The molecule has 1 fully saturated rings. The molecule has 1 heterocycles. The molecule has 104 valence electrons. The minimum absolute atomic E-state index is 0.0650. The number of aromatic nitrogens is 2. The standard InChI is InChI=1S/C13H19N3O3/c1-16-11(18)6-5-10(15-16)12(19)14-13(9-17)7-3-2-4-8-13/h5-6,17H,2-4,7-9H2,1H3,(H,14,19).